The van der Waals surface area contributed by atoms with E-state index in [4.69, 9.17) is 4.74 Å². The van der Waals surface area contributed by atoms with Gasteiger partial charge in [0.2, 0.25) is 0 Å². The highest BCUT2D eigenvalue weighted by molar-refractivity contribution is 4.99. The van der Waals surface area contributed by atoms with Crippen molar-refractivity contribution in [2.45, 2.75) is 32.9 Å². The van der Waals surface area contributed by atoms with Crippen molar-refractivity contribution in [3.05, 3.63) is 18.0 Å². The molecular formula is C12H21N3O. The maximum Gasteiger partial charge on any atom is 0.0591 e. The molecule has 1 saturated carbocycles. The van der Waals surface area contributed by atoms with Gasteiger partial charge in [-0.3, -0.25) is 4.68 Å². The van der Waals surface area contributed by atoms with E-state index in [-0.39, 0.29) is 0 Å². The summed E-state index contributed by atoms with van der Waals surface area (Å²) in [7, 11) is 0. The topological polar surface area (TPSA) is 39.1 Å². The van der Waals surface area contributed by atoms with Gasteiger partial charge >= 0.3 is 0 Å². The summed E-state index contributed by atoms with van der Waals surface area (Å²) in [4.78, 5) is 0. The minimum atomic E-state index is 0.816. The van der Waals surface area contributed by atoms with Gasteiger partial charge in [-0.05, 0) is 31.7 Å². The number of rotatable bonds is 8. The van der Waals surface area contributed by atoms with Gasteiger partial charge in [0, 0.05) is 32.4 Å². The Balaban J connectivity index is 1.53. The van der Waals surface area contributed by atoms with Crippen LogP contribution in [0.3, 0.4) is 0 Å². The van der Waals surface area contributed by atoms with Crippen molar-refractivity contribution in [3.8, 4) is 0 Å². The van der Waals surface area contributed by atoms with Crippen LogP contribution in [0.5, 0.6) is 0 Å². The maximum absolute atomic E-state index is 5.55. The van der Waals surface area contributed by atoms with E-state index in [1.807, 2.05) is 10.9 Å². The van der Waals surface area contributed by atoms with Gasteiger partial charge in [-0.1, -0.05) is 0 Å². The van der Waals surface area contributed by atoms with E-state index in [9.17, 15) is 0 Å². The van der Waals surface area contributed by atoms with E-state index in [1.54, 1.807) is 0 Å². The van der Waals surface area contributed by atoms with Gasteiger partial charge in [-0.15, -0.1) is 0 Å². The monoisotopic (exact) mass is 223 g/mol. The Bertz CT molecular complexity index is 307. The molecule has 1 aromatic heterocycles. The molecule has 0 aliphatic heterocycles. The smallest absolute Gasteiger partial charge is 0.0591 e. The first-order chi connectivity index (χ1) is 7.90. The third kappa shape index (κ3) is 3.61. The fourth-order valence-corrected chi connectivity index (χ4v) is 1.69. The molecule has 4 nitrogen and oxygen atoms in total. The minimum Gasteiger partial charge on any atom is -0.380 e. The summed E-state index contributed by atoms with van der Waals surface area (Å²) in [6.07, 6.45) is 4.58. The van der Waals surface area contributed by atoms with Crippen LogP contribution in [0.25, 0.3) is 0 Å². The fourth-order valence-electron chi connectivity index (χ4n) is 1.69. The highest BCUT2D eigenvalue weighted by Gasteiger charge is 2.20. The zero-order chi connectivity index (χ0) is 11.2. The predicted molar refractivity (Wildman–Crippen MR) is 63.2 cm³/mol. The Kier molecular flexibility index (Phi) is 4.36. The van der Waals surface area contributed by atoms with Crippen molar-refractivity contribution in [3.63, 3.8) is 0 Å². The van der Waals surface area contributed by atoms with E-state index in [2.05, 4.69) is 23.4 Å². The summed E-state index contributed by atoms with van der Waals surface area (Å²) in [5.41, 5.74) is 1.24. The van der Waals surface area contributed by atoms with Crippen LogP contribution in [-0.2, 0) is 17.8 Å². The van der Waals surface area contributed by atoms with E-state index in [1.165, 1.54) is 18.5 Å². The molecule has 1 heterocycles. The third-order valence-electron chi connectivity index (χ3n) is 2.88. The van der Waals surface area contributed by atoms with Crippen molar-refractivity contribution in [2.24, 2.45) is 5.92 Å². The molecule has 0 bridgehead atoms. The summed E-state index contributed by atoms with van der Waals surface area (Å²) in [5.74, 6) is 0.863. The van der Waals surface area contributed by atoms with E-state index >= 15 is 0 Å². The Labute approximate surface area is 97.0 Å². The fraction of sp³-hybridized carbons (Fsp3) is 0.750. The summed E-state index contributed by atoms with van der Waals surface area (Å²) >= 11 is 0. The summed E-state index contributed by atoms with van der Waals surface area (Å²) < 4.78 is 7.56. The lowest BCUT2D eigenvalue weighted by atomic mass is 10.4. The number of hydrogen-bond acceptors (Lipinski definition) is 3. The van der Waals surface area contributed by atoms with Crippen LogP contribution in [0.15, 0.2) is 12.3 Å². The maximum atomic E-state index is 5.55. The van der Waals surface area contributed by atoms with Gasteiger partial charge in [-0.25, -0.2) is 0 Å². The second-order valence-electron chi connectivity index (χ2n) is 4.33. The molecule has 2 rings (SSSR count). The van der Waals surface area contributed by atoms with Crippen LogP contribution in [0.2, 0.25) is 0 Å². The van der Waals surface area contributed by atoms with Crippen molar-refractivity contribution < 1.29 is 4.74 Å². The van der Waals surface area contributed by atoms with Crippen molar-refractivity contribution in [1.82, 2.24) is 15.1 Å². The molecule has 0 unspecified atom stereocenters. The molecule has 16 heavy (non-hydrogen) atoms. The largest absolute Gasteiger partial charge is 0.380 e. The SMILES string of the molecule is CCn1nccc1CNCCOCC1CC1. The Hall–Kier alpha value is -0.870. The normalized spacial score (nSPS) is 15.6. The summed E-state index contributed by atoms with van der Waals surface area (Å²) in [6.45, 7) is 6.60. The molecule has 1 fully saturated rings. The van der Waals surface area contributed by atoms with Crippen LogP contribution in [0.1, 0.15) is 25.5 Å². The standard InChI is InChI=1S/C12H21N3O/c1-2-15-12(5-6-14-15)9-13-7-8-16-10-11-3-4-11/h5-6,11,13H,2-4,7-10H2,1H3. The lowest BCUT2D eigenvalue weighted by Gasteiger charge is -2.07. The average molecular weight is 223 g/mol. The van der Waals surface area contributed by atoms with Crippen LogP contribution >= 0.6 is 0 Å². The lowest BCUT2D eigenvalue weighted by molar-refractivity contribution is 0.126. The van der Waals surface area contributed by atoms with Gasteiger partial charge in [0.1, 0.15) is 0 Å². The molecule has 4 heteroatoms. The van der Waals surface area contributed by atoms with Gasteiger partial charge in [0.15, 0.2) is 0 Å². The van der Waals surface area contributed by atoms with Crippen molar-refractivity contribution in [2.75, 3.05) is 19.8 Å². The van der Waals surface area contributed by atoms with E-state index in [0.29, 0.717) is 0 Å². The Morgan fingerprint density at radius 2 is 2.44 bits per heavy atom. The molecule has 0 saturated heterocycles. The molecule has 1 aromatic rings. The molecule has 0 radical (unpaired) electrons. The molecule has 1 aliphatic rings. The van der Waals surface area contributed by atoms with Crippen molar-refractivity contribution >= 4 is 0 Å². The third-order valence-corrected chi connectivity index (χ3v) is 2.88. The Morgan fingerprint density at radius 1 is 1.56 bits per heavy atom. The second kappa shape index (κ2) is 6.01. The zero-order valence-electron chi connectivity index (χ0n) is 9.98. The zero-order valence-corrected chi connectivity index (χ0v) is 9.98. The van der Waals surface area contributed by atoms with Gasteiger partial charge in [-0.2, -0.15) is 5.10 Å². The second-order valence-corrected chi connectivity index (χ2v) is 4.33. The molecule has 0 spiro atoms. The van der Waals surface area contributed by atoms with Crippen molar-refractivity contribution in [1.29, 1.82) is 0 Å². The number of hydrogen-bond donors (Lipinski definition) is 1. The van der Waals surface area contributed by atoms with Crippen LogP contribution in [0, 0.1) is 5.92 Å². The van der Waals surface area contributed by atoms with Crippen LogP contribution < -0.4 is 5.32 Å². The lowest BCUT2D eigenvalue weighted by Crippen LogP contribution is -2.21. The summed E-state index contributed by atoms with van der Waals surface area (Å²) in [5, 5.41) is 7.60. The number of ether oxygens (including phenoxy) is 1. The minimum absolute atomic E-state index is 0.816. The Morgan fingerprint density at radius 3 is 3.19 bits per heavy atom. The van der Waals surface area contributed by atoms with Crippen LogP contribution in [0.4, 0.5) is 0 Å². The molecule has 1 aliphatic carbocycles. The first-order valence-corrected chi connectivity index (χ1v) is 6.19. The van der Waals surface area contributed by atoms with Gasteiger partial charge in [0.05, 0.1) is 12.3 Å². The average Bonchev–Trinajstić information content (AvgIpc) is 3.01. The van der Waals surface area contributed by atoms with Crippen LogP contribution in [-0.4, -0.2) is 29.5 Å². The first kappa shape index (κ1) is 11.6. The molecular weight excluding hydrogens is 202 g/mol. The summed E-state index contributed by atoms with van der Waals surface area (Å²) in [6, 6.07) is 2.06. The molecule has 1 N–H and O–H groups in total. The predicted octanol–water partition coefficient (Wildman–Crippen LogP) is 1.42. The molecule has 0 aromatic carbocycles. The highest BCUT2D eigenvalue weighted by Crippen LogP contribution is 2.28. The number of aryl methyl sites for hydroxylation is 1. The van der Waals surface area contributed by atoms with Gasteiger partial charge < -0.3 is 10.1 Å². The van der Waals surface area contributed by atoms with Gasteiger partial charge in [0.25, 0.3) is 0 Å². The first-order valence-electron chi connectivity index (χ1n) is 6.19. The number of nitrogens with zero attached hydrogens (tertiary/aromatic N) is 2. The molecule has 90 valence electrons. The molecule has 0 amide bonds. The number of aromatic nitrogens is 2. The van der Waals surface area contributed by atoms with E-state index < -0.39 is 0 Å². The highest BCUT2D eigenvalue weighted by atomic mass is 16.5. The quantitative estimate of drug-likeness (QED) is 0.677. The number of nitrogens with one attached hydrogen (secondary N) is 1. The molecule has 0 atom stereocenters. The van der Waals surface area contributed by atoms with E-state index in [0.717, 1.165) is 38.8 Å².